The number of carbonyl (C=O) groups is 1. The molecule has 0 saturated heterocycles. The summed E-state index contributed by atoms with van der Waals surface area (Å²) in [6.07, 6.45) is 3.69. The van der Waals surface area contributed by atoms with Gasteiger partial charge in [-0.2, -0.15) is 0 Å². The molecule has 1 N–H and O–H groups in total. The van der Waals surface area contributed by atoms with Crippen molar-refractivity contribution >= 4 is 27.5 Å². The Labute approximate surface area is 118 Å². The molecule has 1 atom stereocenters. The zero-order valence-corrected chi connectivity index (χ0v) is 11.8. The van der Waals surface area contributed by atoms with Crippen LogP contribution in [0.2, 0.25) is 0 Å². The Morgan fingerprint density at radius 3 is 3.15 bits per heavy atom. The van der Waals surface area contributed by atoms with Crippen LogP contribution in [0.25, 0.3) is 10.2 Å². The van der Waals surface area contributed by atoms with E-state index in [9.17, 15) is 14.7 Å². The number of methoxy groups -OCH3 is 1. The first-order valence-electron chi connectivity index (χ1n) is 6.36. The van der Waals surface area contributed by atoms with Crippen LogP contribution in [0.4, 0.5) is 0 Å². The fourth-order valence-corrected chi connectivity index (χ4v) is 3.97. The van der Waals surface area contributed by atoms with Crippen molar-refractivity contribution in [1.82, 2.24) is 9.55 Å². The third-order valence-corrected chi connectivity index (χ3v) is 4.78. The lowest BCUT2D eigenvalue weighted by Gasteiger charge is -2.18. The maximum atomic E-state index is 12.5. The molecule has 2 aromatic heterocycles. The van der Waals surface area contributed by atoms with Gasteiger partial charge >= 0.3 is 5.97 Å². The largest absolute Gasteiger partial charge is 0.481 e. The van der Waals surface area contributed by atoms with Crippen LogP contribution in [0, 0.1) is 0 Å². The first kappa shape index (κ1) is 13.3. The number of fused-ring (bicyclic) bond motifs is 3. The minimum absolute atomic E-state index is 0.115. The smallest absolute Gasteiger partial charge is 0.311 e. The zero-order chi connectivity index (χ0) is 14.3. The van der Waals surface area contributed by atoms with Gasteiger partial charge in [0.1, 0.15) is 17.9 Å². The van der Waals surface area contributed by atoms with E-state index in [1.807, 2.05) is 0 Å². The van der Waals surface area contributed by atoms with Crippen molar-refractivity contribution in [3.63, 3.8) is 0 Å². The Balaban J connectivity index is 2.29. The number of aryl methyl sites for hydroxylation is 1. The normalized spacial score (nSPS) is 18.1. The highest BCUT2D eigenvalue weighted by molar-refractivity contribution is 7.18. The average Bonchev–Trinajstić information content (AvgIpc) is 2.80. The molecule has 0 radical (unpaired) electrons. The number of hydrogen-bond donors (Lipinski definition) is 1. The van der Waals surface area contributed by atoms with Crippen LogP contribution in [-0.4, -0.2) is 27.7 Å². The molecule has 6 nitrogen and oxygen atoms in total. The van der Waals surface area contributed by atoms with E-state index >= 15 is 0 Å². The standard InChI is InChI=1S/C13H14N2O4S/c1-19-6-15-5-14-11-10(12(15)16)9-7(13(17)18)3-2-4-8(9)20-11/h5,7H,2-4,6H2,1H3,(H,17,18). The lowest BCUT2D eigenvalue weighted by atomic mass is 9.86. The molecule has 2 aromatic rings. The number of carboxylic acid groups (broad SMARTS) is 1. The summed E-state index contributed by atoms with van der Waals surface area (Å²) in [5.74, 6) is -1.47. The van der Waals surface area contributed by atoms with Gasteiger partial charge in [-0.15, -0.1) is 11.3 Å². The molecule has 2 heterocycles. The zero-order valence-electron chi connectivity index (χ0n) is 11.0. The molecule has 1 aliphatic carbocycles. The van der Waals surface area contributed by atoms with Crippen molar-refractivity contribution < 1.29 is 14.6 Å². The summed E-state index contributed by atoms with van der Waals surface area (Å²) < 4.78 is 6.33. The van der Waals surface area contributed by atoms with Crippen LogP contribution in [0.5, 0.6) is 0 Å². The lowest BCUT2D eigenvalue weighted by Crippen LogP contribution is -2.24. The van der Waals surface area contributed by atoms with Crippen molar-refractivity contribution in [3.05, 3.63) is 27.1 Å². The fraction of sp³-hybridized carbons (Fsp3) is 0.462. The molecule has 7 heteroatoms. The van der Waals surface area contributed by atoms with E-state index in [4.69, 9.17) is 4.74 Å². The van der Waals surface area contributed by atoms with Gasteiger partial charge in [0.2, 0.25) is 0 Å². The highest BCUT2D eigenvalue weighted by Crippen LogP contribution is 2.40. The van der Waals surface area contributed by atoms with Crippen molar-refractivity contribution in [3.8, 4) is 0 Å². The summed E-state index contributed by atoms with van der Waals surface area (Å²) in [5, 5.41) is 9.83. The first-order valence-corrected chi connectivity index (χ1v) is 7.17. The molecular weight excluding hydrogens is 280 g/mol. The average molecular weight is 294 g/mol. The van der Waals surface area contributed by atoms with E-state index in [2.05, 4.69) is 4.98 Å². The predicted molar refractivity (Wildman–Crippen MR) is 74.2 cm³/mol. The summed E-state index contributed by atoms with van der Waals surface area (Å²) in [5.41, 5.74) is 0.453. The fourth-order valence-electron chi connectivity index (χ4n) is 2.74. The number of nitrogens with zero attached hydrogens (tertiary/aromatic N) is 2. The van der Waals surface area contributed by atoms with Gasteiger partial charge in [-0.3, -0.25) is 14.2 Å². The Morgan fingerprint density at radius 2 is 2.45 bits per heavy atom. The van der Waals surface area contributed by atoms with E-state index < -0.39 is 11.9 Å². The molecule has 0 bridgehead atoms. The van der Waals surface area contributed by atoms with Crippen LogP contribution in [0.15, 0.2) is 11.1 Å². The van der Waals surface area contributed by atoms with E-state index in [1.54, 1.807) is 0 Å². The van der Waals surface area contributed by atoms with Gasteiger partial charge in [0.15, 0.2) is 0 Å². The van der Waals surface area contributed by atoms with Crippen LogP contribution in [-0.2, 0) is 22.7 Å². The molecule has 1 unspecified atom stereocenters. The summed E-state index contributed by atoms with van der Waals surface area (Å²) in [6.45, 7) is 0.115. The number of rotatable bonds is 3. The topological polar surface area (TPSA) is 81.4 Å². The van der Waals surface area contributed by atoms with Crippen LogP contribution >= 0.6 is 11.3 Å². The molecule has 1 aliphatic rings. The summed E-state index contributed by atoms with van der Waals surface area (Å²) in [4.78, 5) is 29.8. The van der Waals surface area contributed by atoms with E-state index in [1.165, 1.54) is 29.3 Å². The maximum Gasteiger partial charge on any atom is 0.311 e. The number of thiophene rings is 1. The Bertz CT molecular complexity index is 734. The third-order valence-electron chi connectivity index (χ3n) is 3.60. The molecule has 0 fully saturated rings. The van der Waals surface area contributed by atoms with E-state index in [0.29, 0.717) is 22.2 Å². The van der Waals surface area contributed by atoms with Gasteiger partial charge in [-0.25, -0.2) is 4.98 Å². The molecule has 106 valence electrons. The summed E-state index contributed by atoms with van der Waals surface area (Å²) in [6, 6.07) is 0. The Kier molecular flexibility index (Phi) is 3.31. The van der Waals surface area contributed by atoms with Crippen molar-refractivity contribution in [2.75, 3.05) is 7.11 Å². The second-order valence-electron chi connectivity index (χ2n) is 4.84. The number of aliphatic carboxylic acids is 1. The minimum Gasteiger partial charge on any atom is -0.481 e. The molecule has 20 heavy (non-hydrogen) atoms. The van der Waals surface area contributed by atoms with Crippen molar-refractivity contribution in [2.45, 2.75) is 31.9 Å². The molecule has 0 saturated carbocycles. The monoisotopic (exact) mass is 294 g/mol. The number of hydrogen-bond acceptors (Lipinski definition) is 5. The molecule has 0 spiro atoms. The van der Waals surface area contributed by atoms with Crippen LogP contribution in [0.1, 0.15) is 29.2 Å². The van der Waals surface area contributed by atoms with Gasteiger partial charge in [-0.1, -0.05) is 0 Å². The number of aromatic nitrogens is 2. The predicted octanol–water partition coefficient (Wildman–Crippen LogP) is 1.57. The SMILES string of the molecule is COCn1cnc2sc3c(c2c1=O)C(C(=O)O)CCC3. The molecule has 0 aromatic carbocycles. The second kappa shape index (κ2) is 4.99. The van der Waals surface area contributed by atoms with Gasteiger partial charge in [0.25, 0.3) is 5.56 Å². The maximum absolute atomic E-state index is 12.5. The van der Waals surface area contributed by atoms with Gasteiger partial charge in [0, 0.05) is 12.0 Å². The third kappa shape index (κ3) is 1.94. The molecular formula is C13H14N2O4S. The van der Waals surface area contributed by atoms with Gasteiger partial charge < -0.3 is 9.84 Å². The number of carboxylic acids is 1. The Hall–Kier alpha value is -1.73. The van der Waals surface area contributed by atoms with Gasteiger partial charge in [-0.05, 0) is 24.8 Å². The van der Waals surface area contributed by atoms with Crippen LogP contribution in [0.3, 0.4) is 0 Å². The van der Waals surface area contributed by atoms with Crippen molar-refractivity contribution in [2.24, 2.45) is 0 Å². The quantitative estimate of drug-likeness (QED) is 0.929. The van der Waals surface area contributed by atoms with Crippen molar-refractivity contribution in [1.29, 1.82) is 0 Å². The van der Waals surface area contributed by atoms with E-state index in [-0.39, 0.29) is 12.3 Å². The lowest BCUT2D eigenvalue weighted by molar-refractivity contribution is -0.139. The number of ether oxygens (including phenoxy) is 1. The highest BCUT2D eigenvalue weighted by Gasteiger charge is 2.31. The molecule has 0 amide bonds. The molecule has 3 rings (SSSR count). The Morgan fingerprint density at radius 1 is 1.65 bits per heavy atom. The first-order chi connectivity index (χ1) is 9.63. The van der Waals surface area contributed by atoms with Crippen LogP contribution < -0.4 is 5.56 Å². The summed E-state index contributed by atoms with van der Waals surface area (Å²) >= 11 is 1.43. The van der Waals surface area contributed by atoms with E-state index in [0.717, 1.165) is 17.7 Å². The second-order valence-corrected chi connectivity index (χ2v) is 5.92. The summed E-state index contributed by atoms with van der Waals surface area (Å²) in [7, 11) is 1.50. The highest BCUT2D eigenvalue weighted by atomic mass is 32.1. The minimum atomic E-state index is -0.868. The van der Waals surface area contributed by atoms with Gasteiger partial charge in [0.05, 0.1) is 11.3 Å². The molecule has 0 aliphatic heterocycles.